The maximum absolute atomic E-state index is 5.75. The molecule has 0 fully saturated rings. The van der Waals surface area contributed by atoms with Gasteiger partial charge in [0.1, 0.15) is 0 Å². The van der Waals surface area contributed by atoms with Gasteiger partial charge < -0.3 is 5.73 Å². The van der Waals surface area contributed by atoms with Crippen LogP contribution in [-0.4, -0.2) is 16.3 Å². The third-order valence-corrected chi connectivity index (χ3v) is 4.73. The predicted molar refractivity (Wildman–Crippen MR) is 93.8 cm³/mol. The van der Waals surface area contributed by atoms with E-state index in [9.17, 15) is 0 Å². The fourth-order valence-electron chi connectivity index (χ4n) is 3.19. The minimum absolute atomic E-state index is 0.665. The highest BCUT2D eigenvalue weighted by Gasteiger charge is 2.14. The zero-order chi connectivity index (χ0) is 16.3. The van der Waals surface area contributed by atoms with Crippen molar-refractivity contribution in [3.63, 3.8) is 0 Å². The van der Waals surface area contributed by atoms with Crippen LogP contribution < -0.4 is 5.73 Å². The molecule has 3 heteroatoms. The van der Waals surface area contributed by atoms with E-state index in [0.717, 1.165) is 25.1 Å². The fourth-order valence-corrected chi connectivity index (χ4v) is 3.19. The zero-order valence-electron chi connectivity index (χ0n) is 14.6. The van der Waals surface area contributed by atoms with Gasteiger partial charge in [0.05, 0.1) is 5.69 Å². The molecular formula is C19H29N3. The van der Waals surface area contributed by atoms with E-state index in [-0.39, 0.29) is 0 Å². The van der Waals surface area contributed by atoms with Crippen molar-refractivity contribution in [2.45, 2.75) is 40.5 Å². The van der Waals surface area contributed by atoms with Crippen molar-refractivity contribution in [3.8, 4) is 11.1 Å². The Morgan fingerprint density at radius 2 is 1.77 bits per heavy atom. The number of nitrogens with two attached hydrogens (primary N) is 1. The molecule has 0 radical (unpaired) electrons. The topological polar surface area (TPSA) is 43.8 Å². The Morgan fingerprint density at radius 3 is 2.23 bits per heavy atom. The van der Waals surface area contributed by atoms with Gasteiger partial charge in [-0.25, -0.2) is 0 Å². The van der Waals surface area contributed by atoms with Gasteiger partial charge in [0.15, 0.2) is 0 Å². The molecule has 1 aromatic heterocycles. The second-order valence-electron chi connectivity index (χ2n) is 6.65. The van der Waals surface area contributed by atoms with Crippen LogP contribution in [0.4, 0.5) is 0 Å². The summed E-state index contributed by atoms with van der Waals surface area (Å²) in [4.78, 5) is 0. The maximum atomic E-state index is 5.75. The second kappa shape index (κ2) is 7.10. The first kappa shape index (κ1) is 16.8. The molecule has 0 saturated heterocycles. The number of rotatable bonds is 6. The van der Waals surface area contributed by atoms with E-state index in [1.165, 1.54) is 22.4 Å². The molecule has 120 valence electrons. The molecule has 0 bridgehead atoms. The van der Waals surface area contributed by atoms with E-state index in [1.807, 2.05) is 11.7 Å². The lowest BCUT2D eigenvalue weighted by Crippen LogP contribution is -2.16. The molecule has 3 nitrogen and oxygen atoms in total. The number of aryl methyl sites for hydroxylation is 2. The third-order valence-electron chi connectivity index (χ3n) is 4.73. The minimum Gasteiger partial charge on any atom is -0.330 e. The van der Waals surface area contributed by atoms with Gasteiger partial charge in [-0.2, -0.15) is 5.10 Å². The number of hydrogen-bond donors (Lipinski definition) is 1. The number of benzene rings is 1. The maximum Gasteiger partial charge on any atom is 0.0674 e. The quantitative estimate of drug-likeness (QED) is 0.880. The van der Waals surface area contributed by atoms with Gasteiger partial charge in [-0.05, 0) is 56.2 Å². The molecule has 1 atom stereocenters. The van der Waals surface area contributed by atoms with Gasteiger partial charge in [-0.3, -0.25) is 4.68 Å². The van der Waals surface area contributed by atoms with E-state index < -0.39 is 0 Å². The summed E-state index contributed by atoms with van der Waals surface area (Å²) in [5, 5.41) is 4.51. The number of hydrogen-bond acceptors (Lipinski definition) is 2. The molecule has 0 spiro atoms. The molecule has 1 heterocycles. The molecule has 1 unspecified atom stereocenters. The van der Waals surface area contributed by atoms with Crippen LogP contribution in [0.3, 0.4) is 0 Å². The monoisotopic (exact) mass is 299 g/mol. The highest BCUT2D eigenvalue weighted by molar-refractivity contribution is 5.68. The Bertz CT molecular complexity index is 608. The Morgan fingerprint density at radius 1 is 1.14 bits per heavy atom. The van der Waals surface area contributed by atoms with Crippen molar-refractivity contribution >= 4 is 0 Å². The van der Waals surface area contributed by atoms with Gasteiger partial charge in [0, 0.05) is 18.3 Å². The lowest BCUT2D eigenvalue weighted by atomic mass is 9.86. The van der Waals surface area contributed by atoms with Gasteiger partial charge in [0.2, 0.25) is 0 Å². The van der Waals surface area contributed by atoms with Crippen molar-refractivity contribution in [2.24, 2.45) is 24.6 Å². The van der Waals surface area contributed by atoms with Gasteiger partial charge in [0.25, 0.3) is 0 Å². The third kappa shape index (κ3) is 3.58. The molecule has 2 N–H and O–H groups in total. The highest BCUT2D eigenvalue weighted by Crippen LogP contribution is 2.28. The van der Waals surface area contributed by atoms with Crippen LogP contribution in [0.5, 0.6) is 0 Å². The van der Waals surface area contributed by atoms with Crippen molar-refractivity contribution in [1.82, 2.24) is 9.78 Å². The molecule has 2 aromatic rings. The molecule has 0 aliphatic rings. The average molecular weight is 299 g/mol. The summed E-state index contributed by atoms with van der Waals surface area (Å²) in [7, 11) is 2.00. The van der Waals surface area contributed by atoms with E-state index in [0.29, 0.717) is 11.8 Å². The summed E-state index contributed by atoms with van der Waals surface area (Å²) in [6.07, 6.45) is 2.21. The molecule has 0 aliphatic carbocycles. The normalized spacial score (nSPS) is 12.9. The Hall–Kier alpha value is -1.61. The first-order chi connectivity index (χ1) is 10.4. The molecule has 0 amide bonds. The van der Waals surface area contributed by atoms with Gasteiger partial charge in [-0.15, -0.1) is 0 Å². The zero-order valence-corrected chi connectivity index (χ0v) is 14.6. The van der Waals surface area contributed by atoms with Crippen molar-refractivity contribution < 1.29 is 0 Å². The minimum atomic E-state index is 0.665. The Balaban J connectivity index is 2.20. The van der Waals surface area contributed by atoms with E-state index >= 15 is 0 Å². The standard InChI is InChI=1S/C19H29N3/c1-13(2)18(10-11-20)12-16-6-8-17(9-7-16)19-14(3)21-22(5)15(19)4/h6-9,13,18H,10-12,20H2,1-5H3. The van der Waals surface area contributed by atoms with Crippen molar-refractivity contribution in [3.05, 3.63) is 41.2 Å². The summed E-state index contributed by atoms with van der Waals surface area (Å²) in [5.74, 6) is 1.34. The first-order valence-electron chi connectivity index (χ1n) is 8.23. The molecule has 0 saturated carbocycles. The van der Waals surface area contributed by atoms with E-state index in [2.05, 4.69) is 57.1 Å². The van der Waals surface area contributed by atoms with Crippen LogP contribution in [0.2, 0.25) is 0 Å². The van der Waals surface area contributed by atoms with Crippen LogP contribution in [0.15, 0.2) is 24.3 Å². The number of aromatic nitrogens is 2. The summed E-state index contributed by atoms with van der Waals surface area (Å²) in [5.41, 5.74) is 12.0. The predicted octanol–water partition coefficient (Wildman–Crippen LogP) is 3.87. The van der Waals surface area contributed by atoms with Crippen molar-refractivity contribution in [2.75, 3.05) is 6.54 Å². The van der Waals surface area contributed by atoms with E-state index in [4.69, 9.17) is 5.73 Å². The van der Waals surface area contributed by atoms with Crippen molar-refractivity contribution in [1.29, 1.82) is 0 Å². The molecule has 22 heavy (non-hydrogen) atoms. The summed E-state index contributed by atoms with van der Waals surface area (Å²) >= 11 is 0. The highest BCUT2D eigenvalue weighted by atomic mass is 15.3. The van der Waals surface area contributed by atoms with Gasteiger partial charge >= 0.3 is 0 Å². The molecule has 0 aliphatic heterocycles. The second-order valence-corrected chi connectivity index (χ2v) is 6.65. The van der Waals surface area contributed by atoms with Crippen LogP contribution in [0.1, 0.15) is 37.2 Å². The molecular weight excluding hydrogens is 270 g/mol. The van der Waals surface area contributed by atoms with Crippen LogP contribution in [0.25, 0.3) is 11.1 Å². The lowest BCUT2D eigenvalue weighted by molar-refractivity contribution is 0.362. The smallest absolute Gasteiger partial charge is 0.0674 e. The number of nitrogens with zero attached hydrogens (tertiary/aromatic N) is 2. The largest absolute Gasteiger partial charge is 0.330 e. The molecule has 2 rings (SSSR count). The summed E-state index contributed by atoms with van der Waals surface area (Å²) in [6.45, 7) is 9.55. The van der Waals surface area contributed by atoms with E-state index in [1.54, 1.807) is 0 Å². The lowest BCUT2D eigenvalue weighted by Gasteiger charge is -2.20. The Kier molecular flexibility index (Phi) is 5.41. The summed E-state index contributed by atoms with van der Waals surface area (Å²) < 4.78 is 1.95. The van der Waals surface area contributed by atoms with Crippen LogP contribution in [0, 0.1) is 25.7 Å². The van der Waals surface area contributed by atoms with Crippen LogP contribution in [-0.2, 0) is 13.5 Å². The van der Waals surface area contributed by atoms with Gasteiger partial charge in [-0.1, -0.05) is 38.1 Å². The summed E-state index contributed by atoms with van der Waals surface area (Å²) in [6, 6.07) is 8.97. The Labute approximate surface area is 134 Å². The fraction of sp³-hybridized carbons (Fsp3) is 0.526. The molecule has 1 aromatic carbocycles. The first-order valence-corrected chi connectivity index (χ1v) is 8.23. The SMILES string of the molecule is Cc1nn(C)c(C)c1-c1ccc(CC(CCN)C(C)C)cc1. The van der Waals surface area contributed by atoms with Crippen LogP contribution >= 0.6 is 0 Å². The average Bonchev–Trinajstić information content (AvgIpc) is 2.72.